The summed E-state index contributed by atoms with van der Waals surface area (Å²) in [7, 11) is 0. The summed E-state index contributed by atoms with van der Waals surface area (Å²) in [5, 5.41) is 14.3. The van der Waals surface area contributed by atoms with Gasteiger partial charge in [0.05, 0.1) is 36.9 Å². The number of aromatic nitrogens is 4. The highest BCUT2D eigenvalue weighted by Crippen LogP contribution is 2.27. The fourth-order valence-electron chi connectivity index (χ4n) is 2.49. The van der Waals surface area contributed by atoms with Gasteiger partial charge in [0.1, 0.15) is 12.1 Å². The highest BCUT2D eigenvalue weighted by atomic mass is 16.5. The zero-order chi connectivity index (χ0) is 17.0. The summed E-state index contributed by atoms with van der Waals surface area (Å²) in [6, 6.07) is 0.267. The average molecular weight is 321 g/mol. The molecule has 2 heterocycles. The van der Waals surface area contributed by atoms with E-state index in [2.05, 4.69) is 54.6 Å². The third kappa shape index (κ3) is 3.97. The van der Waals surface area contributed by atoms with Crippen LogP contribution in [0.2, 0.25) is 0 Å². The zero-order valence-electron chi connectivity index (χ0n) is 14.7. The number of rotatable bonds is 7. The molecular formula is C16H27N5O2. The van der Waals surface area contributed by atoms with E-state index in [1.165, 1.54) is 0 Å². The first-order valence-electron chi connectivity index (χ1n) is 8.00. The molecule has 2 aromatic rings. The third-order valence-corrected chi connectivity index (χ3v) is 3.59. The molecule has 0 fully saturated rings. The zero-order valence-corrected chi connectivity index (χ0v) is 14.7. The first-order chi connectivity index (χ1) is 10.9. The summed E-state index contributed by atoms with van der Waals surface area (Å²) < 4.78 is 7.33. The molecule has 0 aliphatic carbocycles. The Kier molecular flexibility index (Phi) is 5.54. The number of fused-ring (bicyclic) bond motifs is 1. The molecule has 7 heteroatoms. The van der Waals surface area contributed by atoms with Crippen LogP contribution in [-0.2, 0) is 10.3 Å². The Morgan fingerprint density at radius 1 is 1.26 bits per heavy atom. The minimum absolute atomic E-state index is 0.0395. The van der Waals surface area contributed by atoms with Crippen LogP contribution in [0.4, 0.5) is 5.82 Å². The first-order valence-corrected chi connectivity index (χ1v) is 8.00. The highest BCUT2D eigenvalue weighted by molar-refractivity contribution is 5.87. The van der Waals surface area contributed by atoms with Gasteiger partial charge in [-0.15, -0.1) is 0 Å². The molecule has 0 saturated carbocycles. The molecule has 2 rings (SSSR count). The van der Waals surface area contributed by atoms with Crippen LogP contribution in [0.25, 0.3) is 11.0 Å². The van der Waals surface area contributed by atoms with E-state index in [0.29, 0.717) is 19.8 Å². The molecule has 0 aliphatic heterocycles. The minimum Gasteiger partial charge on any atom is -0.394 e. The van der Waals surface area contributed by atoms with Crippen molar-refractivity contribution in [3.8, 4) is 0 Å². The van der Waals surface area contributed by atoms with Gasteiger partial charge < -0.3 is 14.7 Å². The number of anilines is 1. The number of hydrogen-bond donors (Lipinski definition) is 1. The van der Waals surface area contributed by atoms with Crippen molar-refractivity contribution in [3.63, 3.8) is 0 Å². The van der Waals surface area contributed by atoms with E-state index in [-0.39, 0.29) is 18.2 Å². The van der Waals surface area contributed by atoms with Crippen LogP contribution in [0.5, 0.6) is 0 Å². The van der Waals surface area contributed by atoms with E-state index >= 15 is 0 Å². The fraction of sp³-hybridized carbons (Fsp3) is 0.688. The molecule has 128 valence electrons. The van der Waals surface area contributed by atoms with Crippen LogP contribution < -0.4 is 4.90 Å². The summed E-state index contributed by atoms with van der Waals surface area (Å²) in [4.78, 5) is 11.1. The molecule has 0 radical (unpaired) electrons. The Bertz CT molecular complexity index is 633. The van der Waals surface area contributed by atoms with Gasteiger partial charge in [-0.2, -0.15) is 5.10 Å². The molecule has 0 amide bonds. The van der Waals surface area contributed by atoms with Gasteiger partial charge in [-0.25, -0.2) is 14.6 Å². The van der Waals surface area contributed by atoms with Crippen LogP contribution in [0.15, 0.2) is 12.5 Å². The number of aliphatic hydroxyl groups excluding tert-OH is 1. The molecule has 0 atom stereocenters. The van der Waals surface area contributed by atoms with E-state index in [0.717, 1.165) is 16.9 Å². The molecule has 0 aromatic carbocycles. The van der Waals surface area contributed by atoms with Gasteiger partial charge in [0.15, 0.2) is 5.65 Å². The molecule has 0 unspecified atom stereocenters. The first kappa shape index (κ1) is 17.6. The Hall–Kier alpha value is -1.73. The van der Waals surface area contributed by atoms with Crippen LogP contribution in [0, 0.1) is 0 Å². The van der Waals surface area contributed by atoms with Gasteiger partial charge in [-0.1, -0.05) is 0 Å². The predicted molar refractivity (Wildman–Crippen MR) is 90.7 cm³/mol. The van der Waals surface area contributed by atoms with Crippen molar-refractivity contribution in [2.45, 2.75) is 46.2 Å². The molecule has 2 aromatic heterocycles. The van der Waals surface area contributed by atoms with Crippen LogP contribution >= 0.6 is 0 Å². The summed E-state index contributed by atoms with van der Waals surface area (Å²) in [5.41, 5.74) is 0.699. The summed E-state index contributed by atoms with van der Waals surface area (Å²) >= 11 is 0. The van der Waals surface area contributed by atoms with E-state index < -0.39 is 0 Å². The maximum absolute atomic E-state index is 8.81. The van der Waals surface area contributed by atoms with E-state index in [1.54, 1.807) is 6.33 Å². The summed E-state index contributed by atoms with van der Waals surface area (Å²) in [6.45, 7) is 12.2. The molecular weight excluding hydrogens is 294 g/mol. The smallest absolute Gasteiger partial charge is 0.163 e. The van der Waals surface area contributed by atoms with Crippen molar-refractivity contribution in [3.05, 3.63) is 12.5 Å². The molecule has 23 heavy (non-hydrogen) atoms. The van der Waals surface area contributed by atoms with Crippen molar-refractivity contribution in [1.29, 1.82) is 0 Å². The standard InChI is InChI=1S/C16H27N5O2/c1-12(2)20(6-8-23-9-7-22)14-13-10-19-21(16(3,4)5)15(13)18-11-17-14/h10-12,22H,6-9H2,1-5H3. The Balaban J connectivity index is 2.34. The Morgan fingerprint density at radius 2 is 2.00 bits per heavy atom. The largest absolute Gasteiger partial charge is 0.394 e. The number of ether oxygens (including phenoxy) is 1. The topological polar surface area (TPSA) is 76.3 Å². The molecule has 0 saturated heterocycles. The van der Waals surface area contributed by atoms with Gasteiger partial charge in [0.2, 0.25) is 0 Å². The van der Waals surface area contributed by atoms with E-state index in [1.807, 2.05) is 10.9 Å². The maximum Gasteiger partial charge on any atom is 0.163 e. The van der Waals surface area contributed by atoms with Crippen molar-refractivity contribution in [1.82, 2.24) is 19.7 Å². The monoisotopic (exact) mass is 321 g/mol. The fourth-order valence-corrected chi connectivity index (χ4v) is 2.49. The average Bonchev–Trinajstić information content (AvgIpc) is 2.91. The summed E-state index contributed by atoms with van der Waals surface area (Å²) in [5.74, 6) is 0.869. The van der Waals surface area contributed by atoms with Gasteiger partial charge in [0.25, 0.3) is 0 Å². The quantitative estimate of drug-likeness (QED) is 0.784. The number of hydrogen-bond acceptors (Lipinski definition) is 6. The lowest BCUT2D eigenvalue weighted by Crippen LogP contribution is -2.35. The molecule has 1 N–H and O–H groups in total. The maximum atomic E-state index is 8.81. The molecule has 0 aliphatic rings. The van der Waals surface area contributed by atoms with Gasteiger partial charge in [0, 0.05) is 12.6 Å². The molecule has 0 spiro atoms. The second-order valence-corrected chi connectivity index (χ2v) is 6.78. The second-order valence-electron chi connectivity index (χ2n) is 6.78. The Morgan fingerprint density at radius 3 is 2.61 bits per heavy atom. The van der Waals surface area contributed by atoms with Gasteiger partial charge in [-0.3, -0.25) is 0 Å². The lowest BCUT2D eigenvalue weighted by atomic mass is 10.1. The van der Waals surface area contributed by atoms with Crippen molar-refractivity contribution >= 4 is 16.9 Å². The van der Waals surface area contributed by atoms with Crippen molar-refractivity contribution in [2.24, 2.45) is 0 Å². The summed E-state index contributed by atoms with van der Waals surface area (Å²) in [6.07, 6.45) is 3.42. The predicted octanol–water partition coefficient (Wildman–Crippen LogP) is 1.80. The second kappa shape index (κ2) is 7.23. The van der Waals surface area contributed by atoms with Gasteiger partial charge in [-0.05, 0) is 34.6 Å². The van der Waals surface area contributed by atoms with Crippen LogP contribution in [0.3, 0.4) is 0 Å². The number of aliphatic hydroxyl groups is 1. The van der Waals surface area contributed by atoms with Crippen molar-refractivity contribution in [2.75, 3.05) is 31.3 Å². The van der Waals surface area contributed by atoms with E-state index in [4.69, 9.17) is 9.84 Å². The number of nitrogens with zero attached hydrogens (tertiary/aromatic N) is 5. The van der Waals surface area contributed by atoms with Crippen LogP contribution in [-0.4, -0.2) is 57.3 Å². The molecule has 0 bridgehead atoms. The lowest BCUT2D eigenvalue weighted by Gasteiger charge is -2.28. The molecule has 7 nitrogen and oxygen atoms in total. The SMILES string of the molecule is CC(C)N(CCOCCO)c1ncnc2c1cnn2C(C)(C)C. The third-order valence-electron chi connectivity index (χ3n) is 3.59. The minimum atomic E-state index is -0.139. The van der Waals surface area contributed by atoms with Gasteiger partial charge >= 0.3 is 0 Å². The van der Waals surface area contributed by atoms with E-state index in [9.17, 15) is 0 Å². The highest BCUT2D eigenvalue weighted by Gasteiger charge is 2.22. The van der Waals surface area contributed by atoms with Crippen molar-refractivity contribution < 1.29 is 9.84 Å². The normalized spacial score (nSPS) is 12.3. The lowest BCUT2D eigenvalue weighted by molar-refractivity contribution is 0.0961. The van der Waals surface area contributed by atoms with Crippen LogP contribution in [0.1, 0.15) is 34.6 Å². The Labute approximate surface area is 137 Å².